The first-order valence-corrected chi connectivity index (χ1v) is 7.47. The fourth-order valence-electron chi connectivity index (χ4n) is 3.91. The number of benzene rings is 3. The first-order chi connectivity index (χ1) is 11.1. The van der Waals surface area contributed by atoms with Gasteiger partial charge in [-0.05, 0) is 5.39 Å². The summed E-state index contributed by atoms with van der Waals surface area (Å²) in [4.78, 5) is 12.9. The molecule has 1 heterocycles. The second-order valence-electron chi connectivity index (χ2n) is 6.13. The van der Waals surface area contributed by atoms with E-state index in [-0.39, 0.29) is 0 Å². The van der Waals surface area contributed by atoms with E-state index in [2.05, 4.69) is 5.32 Å². The Morgan fingerprint density at radius 1 is 0.826 bits per heavy atom. The van der Waals surface area contributed by atoms with Gasteiger partial charge in [0.1, 0.15) is 0 Å². The van der Waals surface area contributed by atoms with E-state index in [9.17, 15) is 15.0 Å². The largest absolute Gasteiger partial charge is 0.373 e. The zero-order valence-corrected chi connectivity index (χ0v) is 12.1. The summed E-state index contributed by atoms with van der Waals surface area (Å²) in [6.45, 7) is 0. The van der Waals surface area contributed by atoms with Gasteiger partial charge in [0.15, 0.2) is 0 Å². The molecule has 23 heavy (non-hydrogen) atoms. The molecule has 1 aliphatic heterocycles. The van der Waals surface area contributed by atoms with Gasteiger partial charge in [0.05, 0.1) is 5.69 Å². The van der Waals surface area contributed by atoms with Crippen molar-refractivity contribution in [2.45, 2.75) is 11.3 Å². The molecule has 0 amide bonds. The minimum absolute atomic E-state index is 0.351. The Balaban J connectivity index is 1.88. The predicted octanol–water partition coefficient (Wildman–Crippen LogP) is 2.49. The predicted molar refractivity (Wildman–Crippen MR) is 86.1 cm³/mol. The van der Waals surface area contributed by atoms with E-state index in [4.69, 9.17) is 0 Å². The molecule has 0 saturated carbocycles. The summed E-state index contributed by atoms with van der Waals surface area (Å²) in [6, 6.07) is 18.0. The van der Waals surface area contributed by atoms with Gasteiger partial charge in [-0.25, -0.2) is 0 Å². The Bertz CT molecular complexity index is 1010. The maximum absolute atomic E-state index is 12.9. The lowest BCUT2D eigenvalue weighted by Gasteiger charge is -2.30. The molecule has 0 aromatic heterocycles. The zero-order chi connectivity index (χ0) is 15.8. The molecule has 3 aromatic carbocycles. The van der Waals surface area contributed by atoms with Crippen LogP contribution >= 0.6 is 0 Å². The monoisotopic (exact) mass is 303 g/mol. The molecule has 1 aliphatic carbocycles. The maximum Gasteiger partial charge on any atom is 0.207 e. The first kappa shape index (κ1) is 12.8. The van der Waals surface area contributed by atoms with Crippen LogP contribution in [0.3, 0.4) is 0 Å². The summed E-state index contributed by atoms with van der Waals surface area (Å²) in [6.07, 6.45) is 0. The summed E-state index contributed by atoms with van der Waals surface area (Å²) < 4.78 is 0. The van der Waals surface area contributed by atoms with Crippen molar-refractivity contribution in [1.29, 1.82) is 0 Å². The Kier molecular flexibility index (Phi) is 2.11. The summed E-state index contributed by atoms with van der Waals surface area (Å²) in [5.41, 5.74) is -2.06. The van der Waals surface area contributed by atoms with Gasteiger partial charge in [-0.3, -0.25) is 4.79 Å². The molecule has 4 heteroatoms. The molecule has 0 saturated heterocycles. The molecule has 3 N–H and O–H groups in total. The second-order valence-corrected chi connectivity index (χ2v) is 6.13. The first-order valence-electron chi connectivity index (χ1n) is 7.47. The normalized spacial score (nSPS) is 27.5. The van der Waals surface area contributed by atoms with Crippen LogP contribution in [-0.4, -0.2) is 16.0 Å². The van der Waals surface area contributed by atoms with Crippen molar-refractivity contribution in [3.63, 3.8) is 0 Å². The van der Waals surface area contributed by atoms with Crippen LogP contribution in [-0.2, 0) is 11.3 Å². The smallest absolute Gasteiger partial charge is 0.207 e. The van der Waals surface area contributed by atoms with Crippen molar-refractivity contribution in [3.8, 4) is 0 Å². The van der Waals surface area contributed by atoms with Crippen LogP contribution in [0.25, 0.3) is 10.8 Å². The van der Waals surface area contributed by atoms with E-state index >= 15 is 0 Å². The average molecular weight is 303 g/mol. The number of rotatable bonds is 0. The van der Waals surface area contributed by atoms with Gasteiger partial charge in [-0.2, -0.15) is 0 Å². The highest BCUT2D eigenvalue weighted by Gasteiger charge is 2.68. The third kappa shape index (κ3) is 1.24. The van der Waals surface area contributed by atoms with Gasteiger partial charge < -0.3 is 15.5 Å². The van der Waals surface area contributed by atoms with Gasteiger partial charge >= 0.3 is 0 Å². The molecular formula is C19H13NO3. The zero-order valence-electron chi connectivity index (χ0n) is 12.1. The quantitative estimate of drug-likeness (QED) is 0.597. The number of fused-ring (bicyclic) bond motifs is 7. The molecule has 2 unspecified atom stereocenters. The molecule has 5 rings (SSSR count). The molecule has 2 aliphatic rings. The molecule has 112 valence electrons. The third-order valence-electron chi connectivity index (χ3n) is 5.04. The van der Waals surface area contributed by atoms with E-state index < -0.39 is 17.1 Å². The summed E-state index contributed by atoms with van der Waals surface area (Å²) in [5, 5.41) is 27.3. The molecule has 3 aromatic rings. The van der Waals surface area contributed by atoms with E-state index in [1.54, 1.807) is 30.3 Å². The van der Waals surface area contributed by atoms with Crippen molar-refractivity contribution in [2.24, 2.45) is 0 Å². The molecule has 0 fully saturated rings. The average Bonchev–Trinajstić information content (AvgIpc) is 2.92. The van der Waals surface area contributed by atoms with E-state index in [1.807, 2.05) is 30.3 Å². The van der Waals surface area contributed by atoms with Crippen LogP contribution in [0.4, 0.5) is 5.69 Å². The lowest BCUT2D eigenvalue weighted by Crippen LogP contribution is -2.49. The number of hydrogen-bond donors (Lipinski definition) is 3. The lowest BCUT2D eigenvalue weighted by atomic mass is 9.86. The van der Waals surface area contributed by atoms with Crippen molar-refractivity contribution in [1.82, 2.24) is 0 Å². The van der Waals surface area contributed by atoms with Crippen molar-refractivity contribution >= 4 is 22.2 Å². The van der Waals surface area contributed by atoms with Gasteiger partial charge in [-0.15, -0.1) is 0 Å². The Morgan fingerprint density at radius 3 is 2.43 bits per heavy atom. The molecule has 4 nitrogen and oxygen atoms in total. The van der Waals surface area contributed by atoms with Crippen LogP contribution in [0, 0.1) is 0 Å². The molecular weight excluding hydrogens is 290 g/mol. The minimum Gasteiger partial charge on any atom is -0.373 e. The van der Waals surface area contributed by atoms with Crippen LogP contribution in [0.1, 0.15) is 21.5 Å². The number of carbonyl (C=O) groups is 1. The summed E-state index contributed by atoms with van der Waals surface area (Å²) in [5.74, 6) is -0.475. The third-order valence-corrected chi connectivity index (χ3v) is 5.04. The molecule has 0 spiro atoms. The number of carbonyl (C=O) groups excluding carboxylic acids is 1. The van der Waals surface area contributed by atoms with Crippen molar-refractivity contribution < 1.29 is 15.0 Å². The standard InChI is InChI=1S/C19H13NO3/c21-17-13-7-3-4-8-14(13)19(23)18(17,22)15-10-9-11-5-1-2-6-12(11)16(15)20-19/h1-10,20,22-23H. The highest BCUT2D eigenvalue weighted by atomic mass is 16.4. The Labute approximate surface area is 132 Å². The van der Waals surface area contributed by atoms with Crippen molar-refractivity contribution in [2.75, 3.05) is 5.32 Å². The van der Waals surface area contributed by atoms with Gasteiger partial charge in [-0.1, -0.05) is 60.7 Å². The fourth-order valence-corrected chi connectivity index (χ4v) is 3.91. The number of ketones is 1. The highest BCUT2D eigenvalue weighted by molar-refractivity contribution is 6.13. The lowest BCUT2D eigenvalue weighted by molar-refractivity contribution is -0.101. The molecule has 0 bridgehead atoms. The van der Waals surface area contributed by atoms with Gasteiger partial charge in [0.25, 0.3) is 0 Å². The second kappa shape index (κ2) is 3.79. The van der Waals surface area contributed by atoms with Gasteiger partial charge in [0, 0.05) is 22.1 Å². The number of Topliss-reactive ketones (excluding diaryl/α,β-unsaturated/α-hetero) is 1. The number of aliphatic hydroxyl groups is 2. The maximum atomic E-state index is 12.9. The molecule has 0 radical (unpaired) electrons. The summed E-state index contributed by atoms with van der Waals surface area (Å²) in [7, 11) is 0. The van der Waals surface area contributed by atoms with Crippen LogP contribution in [0.2, 0.25) is 0 Å². The highest BCUT2D eigenvalue weighted by Crippen LogP contribution is 2.57. The fraction of sp³-hybridized carbons (Fsp3) is 0.105. The Hall–Kier alpha value is -2.69. The number of hydrogen-bond acceptors (Lipinski definition) is 4. The molecule has 2 atom stereocenters. The van der Waals surface area contributed by atoms with E-state index in [0.717, 1.165) is 10.8 Å². The summed E-state index contributed by atoms with van der Waals surface area (Å²) >= 11 is 0. The number of nitrogens with one attached hydrogen (secondary N) is 1. The van der Waals surface area contributed by atoms with Crippen LogP contribution < -0.4 is 5.32 Å². The Morgan fingerprint density at radius 2 is 1.57 bits per heavy atom. The SMILES string of the molecule is O=C1c2ccccc2C2(O)Nc3c(ccc4ccccc34)C12O. The van der Waals surface area contributed by atoms with Crippen LogP contribution in [0.5, 0.6) is 0 Å². The van der Waals surface area contributed by atoms with Gasteiger partial charge in [0.2, 0.25) is 17.1 Å². The van der Waals surface area contributed by atoms with E-state index in [1.165, 1.54) is 0 Å². The van der Waals surface area contributed by atoms with Crippen LogP contribution in [0.15, 0.2) is 60.7 Å². The topological polar surface area (TPSA) is 69.6 Å². The minimum atomic E-state index is -2.00. The number of anilines is 1. The van der Waals surface area contributed by atoms with E-state index in [0.29, 0.717) is 22.4 Å². The van der Waals surface area contributed by atoms with Crippen molar-refractivity contribution in [3.05, 3.63) is 77.4 Å².